The van der Waals surface area contributed by atoms with Gasteiger partial charge < -0.3 is 85.8 Å². The molecule has 9 amide bonds. The summed E-state index contributed by atoms with van der Waals surface area (Å²) in [5, 5.41) is 58.9. The number of benzene rings is 6. The molecule has 40 heteroatoms. The number of nitrogen functional groups attached to an aromatic ring is 1. The number of hydrogen-bond acceptors (Lipinski definition) is 29. The highest BCUT2D eigenvalue weighted by Crippen LogP contribution is 2.36. The third-order valence-corrected chi connectivity index (χ3v) is 18.0. The average Bonchev–Trinajstić information content (AvgIpc) is 1.76. The number of ether oxygens (including phenoxy) is 2. The summed E-state index contributed by atoms with van der Waals surface area (Å²) >= 11 is 0. The summed E-state index contributed by atoms with van der Waals surface area (Å²) < 4.78 is 31.8. The number of rotatable bonds is 18. The van der Waals surface area contributed by atoms with Gasteiger partial charge in [0.05, 0.1) is 49.7 Å². The van der Waals surface area contributed by atoms with Crippen LogP contribution in [0.25, 0.3) is 44.1 Å². The first-order chi connectivity index (χ1) is 59.7. The van der Waals surface area contributed by atoms with Crippen LogP contribution in [0.1, 0.15) is 116 Å². The van der Waals surface area contributed by atoms with Crippen molar-refractivity contribution in [3.63, 3.8) is 0 Å². The Morgan fingerprint density at radius 3 is 1.16 bits per heavy atom. The van der Waals surface area contributed by atoms with E-state index < -0.39 is 24.1 Å². The molecule has 0 aliphatic rings. The number of carbonyl (C=O) groups excluding carboxylic acids is 5. The molecule has 10 aromatic heterocycles. The Morgan fingerprint density at radius 2 is 0.736 bits per heavy atom. The van der Waals surface area contributed by atoms with E-state index in [1.165, 1.54) is 25.2 Å². The van der Waals surface area contributed by atoms with Crippen LogP contribution in [0.4, 0.5) is 111 Å². The van der Waals surface area contributed by atoms with Gasteiger partial charge in [0.1, 0.15) is 52.5 Å². The largest absolute Gasteiger partial charge is 0.493 e. The Labute approximate surface area is 713 Å². The molecule has 10 heterocycles. The Hall–Kier alpha value is -16.7. The number of hydrogen-bond donors (Lipinski definition) is 15. The number of anilines is 16. The van der Waals surface area contributed by atoms with E-state index in [-0.39, 0.29) is 33.5 Å². The molecule has 0 radical (unpaired) electrons. The van der Waals surface area contributed by atoms with Gasteiger partial charge in [-0.25, -0.2) is 49.1 Å². The van der Waals surface area contributed by atoms with Gasteiger partial charge >= 0.3 is 24.1 Å². The molecule has 0 aliphatic carbocycles. The number of carbonyl (C=O) groups is 5. The average molecular weight is 1690 g/mol. The number of amides is 9. The number of aromatic amines is 2. The van der Waals surface area contributed by atoms with E-state index in [1.807, 2.05) is 132 Å². The molecule has 16 aromatic rings. The van der Waals surface area contributed by atoms with Crippen LogP contribution in [0, 0.1) is 0 Å². The third-order valence-electron chi connectivity index (χ3n) is 18.0. The summed E-state index contributed by atoms with van der Waals surface area (Å²) in [4.78, 5) is 101. The summed E-state index contributed by atoms with van der Waals surface area (Å²) in [6.45, 7) is 24.0. The number of aromatic nitrogens is 16. The summed E-state index contributed by atoms with van der Waals surface area (Å²) in [6, 6.07) is 44.3. The lowest BCUT2D eigenvalue weighted by atomic mass is 9.93. The number of imidazole rings is 2. The van der Waals surface area contributed by atoms with Gasteiger partial charge in [0.2, 0.25) is 5.95 Å². The minimum Gasteiger partial charge on any atom is -0.493 e. The van der Waals surface area contributed by atoms with Crippen molar-refractivity contribution in [2.45, 2.75) is 105 Å². The van der Waals surface area contributed by atoms with Crippen LogP contribution < -0.4 is 79.0 Å². The maximum Gasteiger partial charge on any atom is 0.324 e. The summed E-state index contributed by atoms with van der Waals surface area (Å²) in [7, 11) is 3.16. The number of H-pyrrole nitrogens is 2. The van der Waals surface area contributed by atoms with Crippen molar-refractivity contribution in [1.29, 1.82) is 0 Å². The zero-order valence-electron chi connectivity index (χ0n) is 70.2. The van der Waals surface area contributed by atoms with Gasteiger partial charge in [0, 0.05) is 108 Å². The highest BCUT2D eigenvalue weighted by atomic mass is 16.5. The van der Waals surface area contributed by atoms with Crippen LogP contribution in [-0.4, -0.2) is 125 Å². The number of nitrogens with one attached hydrogen (secondary N) is 14. The van der Waals surface area contributed by atoms with E-state index in [0.29, 0.717) is 137 Å². The number of nitrogens with two attached hydrogens (primary N) is 1. The Kier molecular flexibility index (Phi) is 25.7. The molecule has 0 saturated carbocycles. The van der Waals surface area contributed by atoms with E-state index in [9.17, 15) is 24.0 Å². The van der Waals surface area contributed by atoms with Gasteiger partial charge in [0.15, 0.2) is 57.7 Å². The normalized spacial score (nSPS) is 11.3. The standard InChI is InChI=1S/C24H26N6O4.C23H22N6O3.C19H21N9O2.C19H20N8O2/c1-24(2,3)20-12-21(30-34-20)29-23(31)28-15-8-6-14(7-9-15)27-22-16-10-18(32-4)19(33-5)11-17(16)25-13-26-22;1-23(2,3)19-12-20(29-32-19)27-22(31)26-15-10-8-14(9-11-15)25-21(30)17-13-24-28-18-7-5-4-6-16(17)18;1-19(2,3)12-8-13(28-30-12)25-18(29)24-11-6-4-10(5-7-11)23-16-14-15(22-9-21-14)26-17(20)27-16;1-19(2,3)13-8-14(27-29-13)26-18(28)25-12-6-4-11(5-7-12)24-17-15-16(21-9-20-15)22-10-23-17/h6-13H,1-5H3,(H,25,26,27)(H2,28,29,30,31);4-13H,1-3H3,(H,25,30)(H2,26,27,29,31);4-9H,1-3H3,(H2,24,25,28,29)(H4,20,21,22,23,26,27);4-10H,1-3H3,(H2,25,26,27,28)(H2,20,21,22,23,24). The summed E-state index contributed by atoms with van der Waals surface area (Å²) in [6.07, 6.45) is 7.45. The lowest BCUT2D eigenvalue weighted by Crippen LogP contribution is -2.19. The fourth-order valence-electron chi connectivity index (χ4n) is 11.5. The summed E-state index contributed by atoms with van der Waals surface area (Å²) in [5.74, 6) is 6.86. The predicted octanol–water partition coefficient (Wildman–Crippen LogP) is 17.8. The molecule has 40 nitrogen and oxygen atoms in total. The van der Waals surface area contributed by atoms with E-state index in [4.69, 9.17) is 33.3 Å². The van der Waals surface area contributed by atoms with E-state index >= 15 is 0 Å². The minimum absolute atomic E-state index is 0.120. The van der Waals surface area contributed by atoms with Gasteiger partial charge in [-0.05, 0) is 109 Å². The Balaban J connectivity index is 0.000000143. The molecule has 640 valence electrons. The van der Waals surface area contributed by atoms with Crippen LogP contribution >= 0.6 is 0 Å². The molecule has 0 fully saturated rings. The second-order valence-corrected chi connectivity index (χ2v) is 31.8. The lowest BCUT2D eigenvalue weighted by Gasteiger charge is -2.12. The van der Waals surface area contributed by atoms with Crippen LogP contribution in [0.15, 0.2) is 207 Å². The molecule has 0 aliphatic heterocycles. The van der Waals surface area contributed by atoms with Gasteiger partial charge in [-0.3, -0.25) is 26.1 Å². The maximum absolute atomic E-state index is 12.7. The van der Waals surface area contributed by atoms with E-state index in [1.54, 1.807) is 130 Å². The van der Waals surface area contributed by atoms with E-state index in [2.05, 4.69) is 144 Å². The predicted molar refractivity (Wildman–Crippen MR) is 475 cm³/mol. The molecule has 0 saturated heterocycles. The maximum atomic E-state index is 12.7. The third kappa shape index (κ3) is 22.8. The Morgan fingerprint density at radius 1 is 0.368 bits per heavy atom. The second-order valence-electron chi connectivity index (χ2n) is 31.8. The summed E-state index contributed by atoms with van der Waals surface area (Å²) in [5.41, 5.74) is 14.5. The number of fused-ring (bicyclic) bond motifs is 4. The monoisotopic (exact) mass is 1690 g/mol. The molecular formula is C85H89N29O11. The number of urea groups is 4. The molecule has 0 bridgehead atoms. The highest BCUT2D eigenvalue weighted by Gasteiger charge is 2.26. The van der Waals surface area contributed by atoms with Gasteiger partial charge in [-0.2, -0.15) is 20.2 Å². The quantitative estimate of drug-likeness (QED) is 0.0379. The fraction of sp³-hybridized carbons (Fsp3) is 0.212. The number of methoxy groups -OCH3 is 2. The fourth-order valence-corrected chi connectivity index (χ4v) is 11.5. The molecule has 0 unspecified atom stereocenters. The number of nitrogens with zero attached hydrogens (tertiary/aromatic N) is 14. The smallest absolute Gasteiger partial charge is 0.324 e. The topological polar surface area (TPSA) is 539 Å². The highest BCUT2D eigenvalue weighted by molar-refractivity contribution is 6.12. The van der Waals surface area contributed by atoms with Crippen LogP contribution in [-0.2, 0) is 21.7 Å². The van der Waals surface area contributed by atoms with Gasteiger partial charge in [-0.1, -0.05) is 122 Å². The first-order valence-corrected chi connectivity index (χ1v) is 38.6. The SMILES string of the molecule is CC(C)(C)c1cc(NC(=O)Nc2ccc(NC(=O)c3cnnc4ccccc34)cc2)no1.CC(C)(C)c1cc(NC(=O)Nc2ccc(Nc3nc(N)nc4nc[nH]c34)cc2)no1.CC(C)(C)c1cc(NC(=O)Nc2ccc(Nc3ncnc4nc[nH]c34)cc2)no1.COc1cc2ncnc(Nc3ccc(NC(=O)Nc4cc(C(C)(C)C)on4)cc3)c2cc1OC. The molecule has 0 atom stereocenters. The van der Waals surface area contributed by atoms with Crippen molar-refractivity contribution in [2.24, 2.45) is 0 Å². The van der Waals surface area contributed by atoms with E-state index in [0.717, 1.165) is 33.4 Å². The Bertz CT molecular complexity index is 6470. The molecule has 16 rings (SSSR count). The van der Waals surface area contributed by atoms with Crippen LogP contribution in [0.3, 0.4) is 0 Å². The zero-order chi connectivity index (χ0) is 88.7. The molecule has 125 heavy (non-hydrogen) atoms. The van der Waals surface area contributed by atoms with Crippen molar-refractivity contribution in [1.82, 2.24) is 80.7 Å². The van der Waals surface area contributed by atoms with Crippen LogP contribution in [0.5, 0.6) is 11.5 Å². The molecule has 16 N–H and O–H groups in total. The van der Waals surface area contributed by atoms with Crippen molar-refractivity contribution < 1.29 is 51.5 Å². The zero-order valence-corrected chi connectivity index (χ0v) is 70.2. The lowest BCUT2D eigenvalue weighted by molar-refractivity contribution is 0.102. The second kappa shape index (κ2) is 37.3. The van der Waals surface area contributed by atoms with Crippen molar-refractivity contribution in [3.8, 4) is 11.5 Å². The first-order valence-electron chi connectivity index (χ1n) is 38.6. The van der Waals surface area contributed by atoms with Gasteiger partial charge in [-0.15, -0.1) is 0 Å². The van der Waals surface area contributed by atoms with Gasteiger partial charge in [0.25, 0.3) is 5.91 Å². The minimum atomic E-state index is -0.454. The van der Waals surface area contributed by atoms with Crippen molar-refractivity contribution in [2.75, 3.05) is 83.8 Å². The molecule has 0 spiro atoms. The molecular weight excluding hydrogens is 1600 g/mol. The van der Waals surface area contributed by atoms with Crippen LogP contribution in [0.2, 0.25) is 0 Å². The van der Waals surface area contributed by atoms with Crippen molar-refractivity contribution in [3.05, 3.63) is 218 Å². The van der Waals surface area contributed by atoms with Crippen molar-refractivity contribution >= 4 is 166 Å². The first kappa shape index (κ1) is 86.1. The molecule has 6 aromatic carbocycles.